The van der Waals surface area contributed by atoms with E-state index >= 15 is 0 Å². The summed E-state index contributed by atoms with van der Waals surface area (Å²) in [4.78, 5) is 38.0. The number of hydrogen-bond acceptors (Lipinski definition) is 6. The van der Waals surface area contributed by atoms with Crippen LogP contribution in [0.3, 0.4) is 0 Å². The fraction of sp³-hybridized carbons (Fsp3) is 0.526. The number of thiophene rings is 1. The predicted molar refractivity (Wildman–Crippen MR) is 101 cm³/mol. The van der Waals surface area contributed by atoms with Crippen LogP contribution in [-0.2, 0) is 27.1 Å². The summed E-state index contributed by atoms with van der Waals surface area (Å²) in [5.41, 5.74) is 2.26. The normalized spacial score (nSPS) is 19.0. The van der Waals surface area contributed by atoms with Gasteiger partial charge in [-0.1, -0.05) is 6.92 Å². The van der Waals surface area contributed by atoms with E-state index in [-0.39, 0.29) is 18.9 Å². The van der Waals surface area contributed by atoms with E-state index in [1.165, 1.54) is 4.88 Å². The molecule has 0 saturated heterocycles. The summed E-state index contributed by atoms with van der Waals surface area (Å²) in [6.45, 7) is 3.62. The number of urea groups is 1. The van der Waals surface area contributed by atoms with Gasteiger partial charge in [-0.3, -0.25) is 0 Å². The van der Waals surface area contributed by atoms with Crippen molar-refractivity contribution in [2.75, 3.05) is 13.2 Å². The molecule has 27 heavy (non-hydrogen) atoms. The highest BCUT2D eigenvalue weighted by molar-refractivity contribution is 7.10. The molecule has 1 aliphatic heterocycles. The fourth-order valence-electron chi connectivity index (χ4n) is 3.46. The minimum absolute atomic E-state index is 0.179. The first kappa shape index (κ1) is 19.4. The number of amides is 2. The lowest BCUT2D eigenvalue weighted by molar-refractivity contribution is -0.139. The molecule has 2 N–H and O–H groups in total. The van der Waals surface area contributed by atoms with Gasteiger partial charge in [-0.2, -0.15) is 0 Å². The van der Waals surface area contributed by atoms with Crippen molar-refractivity contribution in [3.05, 3.63) is 32.7 Å². The fourth-order valence-corrected chi connectivity index (χ4v) is 4.57. The number of hydrogen-bond donors (Lipinski definition) is 2. The zero-order chi connectivity index (χ0) is 19.4. The molecule has 0 saturated carbocycles. The molecule has 2 amide bonds. The van der Waals surface area contributed by atoms with Crippen LogP contribution in [0.5, 0.6) is 0 Å². The molecule has 7 nitrogen and oxygen atoms in total. The molecule has 8 heteroatoms. The van der Waals surface area contributed by atoms with E-state index in [1.54, 1.807) is 18.3 Å². The summed E-state index contributed by atoms with van der Waals surface area (Å²) in [7, 11) is 0. The molecule has 0 aromatic carbocycles. The number of aryl methyl sites for hydroxylation is 1. The summed E-state index contributed by atoms with van der Waals surface area (Å²) < 4.78 is 10.6. The van der Waals surface area contributed by atoms with Gasteiger partial charge in [0.05, 0.1) is 29.5 Å². The van der Waals surface area contributed by atoms with Crippen molar-refractivity contribution in [1.82, 2.24) is 10.6 Å². The SMILES string of the molecule is CCOC(=O)C1=C(COC(=O)c2csc3c2CCCC3)NC(=O)N[C@H]1CC. The highest BCUT2D eigenvalue weighted by Gasteiger charge is 2.32. The van der Waals surface area contributed by atoms with Gasteiger partial charge < -0.3 is 20.1 Å². The van der Waals surface area contributed by atoms with Gasteiger partial charge in [0.1, 0.15) is 6.61 Å². The maximum Gasteiger partial charge on any atom is 0.339 e. The highest BCUT2D eigenvalue weighted by atomic mass is 32.1. The number of nitrogens with one attached hydrogen (secondary N) is 2. The first-order chi connectivity index (χ1) is 13.0. The van der Waals surface area contributed by atoms with Crippen LogP contribution in [-0.4, -0.2) is 37.2 Å². The van der Waals surface area contributed by atoms with Gasteiger partial charge in [0.2, 0.25) is 0 Å². The summed E-state index contributed by atoms with van der Waals surface area (Å²) in [6.07, 6.45) is 4.64. The molecule has 1 aliphatic carbocycles. The van der Waals surface area contributed by atoms with Gasteiger partial charge in [-0.05, 0) is 44.6 Å². The third-order valence-electron chi connectivity index (χ3n) is 4.78. The second-order valence-corrected chi connectivity index (χ2v) is 7.47. The van der Waals surface area contributed by atoms with Crippen LogP contribution < -0.4 is 10.6 Å². The Morgan fingerprint density at radius 1 is 1.19 bits per heavy atom. The third kappa shape index (κ3) is 4.16. The van der Waals surface area contributed by atoms with E-state index in [4.69, 9.17) is 9.47 Å². The molecule has 3 rings (SSSR count). The van der Waals surface area contributed by atoms with Crippen molar-refractivity contribution in [1.29, 1.82) is 0 Å². The van der Waals surface area contributed by atoms with Crippen LogP contribution >= 0.6 is 11.3 Å². The Balaban J connectivity index is 1.78. The van der Waals surface area contributed by atoms with E-state index in [0.717, 1.165) is 31.2 Å². The van der Waals surface area contributed by atoms with Crippen molar-refractivity contribution in [3.8, 4) is 0 Å². The average Bonchev–Trinajstić information content (AvgIpc) is 3.09. The van der Waals surface area contributed by atoms with Gasteiger partial charge in [-0.25, -0.2) is 14.4 Å². The van der Waals surface area contributed by atoms with Gasteiger partial charge >= 0.3 is 18.0 Å². The zero-order valence-corrected chi connectivity index (χ0v) is 16.4. The van der Waals surface area contributed by atoms with Gasteiger partial charge in [0.15, 0.2) is 0 Å². The molecule has 1 aromatic rings. The molecule has 1 atom stereocenters. The summed E-state index contributed by atoms with van der Waals surface area (Å²) in [6, 6.07) is -0.894. The van der Waals surface area contributed by atoms with E-state index in [2.05, 4.69) is 10.6 Å². The minimum Gasteiger partial charge on any atom is -0.463 e. The number of rotatable bonds is 6. The van der Waals surface area contributed by atoms with Crippen molar-refractivity contribution in [2.24, 2.45) is 0 Å². The maximum absolute atomic E-state index is 12.6. The standard InChI is InChI=1S/C19H24N2O5S/c1-3-13-16(18(23)25-4-2)14(21-19(24)20-13)9-26-17(22)12-10-27-15-8-6-5-7-11(12)15/h10,13H,3-9H2,1-2H3,(H2,20,21,24)/t13-/m0/s1. The molecule has 0 unspecified atom stereocenters. The van der Waals surface area contributed by atoms with Gasteiger partial charge in [0, 0.05) is 10.3 Å². The first-order valence-electron chi connectivity index (χ1n) is 9.29. The van der Waals surface area contributed by atoms with E-state index < -0.39 is 24.0 Å². The summed E-state index contributed by atoms with van der Waals surface area (Å²) in [5, 5.41) is 7.12. The van der Waals surface area contributed by atoms with Crippen molar-refractivity contribution in [2.45, 2.75) is 52.0 Å². The molecule has 0 spiro atoms. The molecule has 0 radical (unpaired) electrons. The number of carbonyl (C=O) groups is 3. The lowest BCUT2D eigenvalue weighted by Gasteiger charge is -2.28. The maximum atomic E-state index is 12.6. The number of ether oxygens (including phenoxy) is 2. The van der Waals surface area contributed by atoms with E-state index in [9.17, 15) is 14.4 Å². The summed E-state index contributed by atoms with van der Waals surface area (Å²) in [5.74, 6) is -0.943. The second-order valence-electron chi connectivity index (χ2n) is 6.51. The molecule has 146 valence electrons. The van der Waals surface area contributed by atoms with Crippen LogP contribution in [0.1, 0.15) is 53.9 Å². The molecule has 0 bridgehead atoms. The van der Waals surface area contributed by atoms with Gasteiger partial charge in [0.25, 0.3) is 0 Å². The minimum atomic E-state index is -0.518. The predicted octanol–water partition coefficient (Wildman–Crippen LogP) is 2.69. The van der Waals surface area contributed by atoms with Crippen molar-refractivity contribution in [3.63, 3.8) is 0 Å². The molecular formula is C19H24N2O5S. The first-order valence-corrected chi connectivity index (χ1v) is 10.2. The Morgan fingerprint density at radius 2 is 1.96 bits per heavy atom. The smallest absolute Gasteiger partial charge is 0.339 e. The van der Waals surface area contributed by atoms with Crippen LogP contribution in [0, 0.1) is 0 Å². The third-order valence-corrected chi connectivity index (χ3v) is 5.86. The zero-order valence-electron chi connectivity index (χ0n) is 15.6. The Hall–Kier alpha value is -2.35. The lowest BCUT2D eigenvalue weighted by atomic mass is 9.96. The van der Waals surface area contributed by atoms with E-state index in [0.29, 0.717) is 17.6 Å². The van der Waals surface area contributed by atoms with E-state index in [1.807, 2.05) is 12.3 Å². The van der Waals surface area contributed by atoms with Crippen molar-refractivity contribution >= 4 is 29.3 Å². The van der Waals surface area contributed by atoms with Crippen molar-refractivity contribution < 1.29 is 23.9 Å². The molecule has 0 fully saturated rings. The second kappa shape index (κ2) is 8.56. The summed E-state index contributed by atoms with van der Waals surface area (Å²) >= 11 is 1.59. The molecule has 2 heterocycles. The van der Waals surface area contributed by atoms with Crippen LogP contribution in [0.4, 0.5) is 4.79 Å². The number of esters is 2. The molecule has 2 aliphatic rings. The Labute approximate surface area is 162 Å². The Kier molecular flexibility index (Phi) is 6.15. The largest absolute Gasteiger partial charge is 0.463 e. The average molecular weight is 392 g/mol. The Bertz CT molecular complexity index is 783. The van der Waals surface area contributed by atoms with Crippen LogP contribution in [0.25, 0.3) is 0 Å². The van der Waals surface area contributed by atoms with Crippen LogP contribution in [0.15, 0.2) is 16.7 Å². The monoisotopic (exact) mass is 392 g/mol. The number of carbonyl (C=O) groups excluding carboxylic acids is 3. The van der Waals surface area contributed by atoms with Gasteiger partial charge in [-0.15, -0.1) is 11.3 Å². The molecular weight excluding hydrogens is 368 g/mol. The lowest BCUT2D eigenvalue weighted by Crippen LogP contribution is -2.51. The Morgan fingerprint density at radius 3 is 2.70 bits per heavy atom. The number of fused-ring (bicyclic) bond motifs is 1. The highest BCUT2D eigenvalue weighted by Crippen LogP contribution is 2.30. The van der Waals surface area contributed by atoms with Crippen LogP contribution in [0.2, 0.25) is 0 Å². The quantitative estimate of drug-likeness (QED) is 0.726. The molecule has 1 aromatic heterocycles. The topological polar surface area (TPSA) is 93.7 Å².